The van der Waals surface area contributed by atoms with Crippen LogP contribution in [0.5, 0.6) is 0 Å². The number of hydrogen-bond donors (Lipinski definition) is 0. The Morgan fingerprint density at radius 1 is 1.28 bits per heavy atom. The van der Waals surface area contributed by atoms with Crippen LogP contribution in [0.2, 0.25) is 0 Å². The van der Waals surface area contributed by atoms with Crippen molar-refractivity contribution in [2.45, 2.75) is 26.2 Å². The molecule has 1 aromatic heterocycles. The number of carbonyl (C=O) groups is 1. The molecule has 1 aliphatic carbocycles. The van der Waals surface area contributed by atoms with E-state index in [1.165, 1.54) is 11.1 Å². The molecule has 0 fully saturated rings. The quantitative estimate of drug-likeness (QED) is 0.751. The summed E-state index contributed by atoms with van der Waals surface area (Å²) in [7, 11) is 0. The van der Waals surface area contributed by atoms with Gasteiger partial charge in [0.1, 0.15) is 12.0 Å². The fourth-order valence-electron chi connectivity index (χ4n) is 2.73. The van der Waals surface area contributed by atoms with Crippen molar-refractivity contribution >= 4 is 5.78 Å². The zero-order valence-corrected chi connectivity index (χ0v) is 10.5. The van der Waals surface area contributed by atoms with Crippen molar-refractivity contribution in [1.29, 1.82) is 0 Å². The van der Waals surface area contributed by atoms with Gasteiger partial charge in [-0.25, -0.2) is 0 Å². The number of carbonyl (C=O) groups excluding carboxylic acids is 1. The first-order valence-electron chi connectivity index (χ1n) is 6.40. The van der Waals surface area contributed by atoms with E-state index < -0.39 is 0 Å². The number of fused-ring (bicyclic) bond motifs is 1. The Morgan fingerprint density at radius 2 is 2.06 bits per heavy atom. The van der Waals surface area contributed by atoms with Crippen molar-refractivity contribution in [2.75, 3.05) is 0 Å². The Hall–Kier alpha value is -1.83. The fraction of sp³-hybridized carbons (Fsp3) is 0.312. The molecule has 0 saturated heterocycles. The number of aryl methyl sites for hydroxylation is 2. The number of furan rings is 1. The van der Waals surface area contributed by atoms with Crippen LogP contribution < -0.4 is 0 Å². The minimum Gasteiger partial charge on any atom is -0.469 e. The van der Waals surface area contributed by atoms with Gasteiger partial charge in [0.15, 0.2) is 5.78 Å². The SMILES string of the molecule is Cc1cc(C(=O)C2CCc3ccccc3C2)co1. The minimum absolute atomic E-state index is 0.108. The highest BCUT2D eigenvalue weighted by molar-refractivity contribution is 5.98. The van der Waals surface area contributed by atoms with Gasteiger partial charge in [-0.3, -0.25) is 4.79 Å². The third kappa shape index (κ3) is 1.99. The third-order valence-corrected chi connectivity index (χ3v) is 3.73. The summed E-state index contributed by atoms with van der Waals surface area (Å²) < 4.78 is 5.23. The maximum absolute atomic E-state index is 12.4. The number of rotatable bonds is 2. The largest absolute Gasteiger partial charge is 0.469 e. The van der Waals surface area contributed by atoms with Crippen LogP contribution in [0.1, 0.15) is 33.7 Å². The monoisotopic (exact) mass is 240 g/mol. The molecule has 2 heteroatoms. The molecule has 92 valence electrons. The van der Waals surface area contributed by atoms with Crippen LogP contribution >= 0.6 is 0 Å². The average Bonchev–Trinajstić information content (AvgIpc) is 2.84. The summed E-state index contributed by atoms with van der Waals surface area (Å²) in [6.45, 7) is 1.87. The maximum Gasteiger partial charge on any atom is 0.169 e. The molecule has 0 amide bonds. The van der Waals surface area contributed by atoms with Gasteiger partial charge in [-0.15, -0.1) is 0 Å². The first-order chi connectivity index (χ1) is 8.74. The number of benzene rings is 1. The van der Waals surface area contributed by atoms with Gasteiger partial charge in [-0.1, -0.05) is 24.3 Å². The summed E-state index contributed by atoms with van der Waals surface area (Å²) in [4.78, 5) is 12.4. The molecular formula is C16H16O2. The molecule has 0 aliphatic heterocycles. The van der Waals surface area contributed by atoms with E-state index in [-0.39, 0.29) is 11.7 Å². The molecule has 2 aromatic rings. The summed E-state index contributed by atoms with van der Waals surface area (Å²) in [5, 5.41) is 0. The van der Waals surface area contributed by atoms with Gasteiger partial charge < -0.3 is 4.42 Å². The zero-order valence-electron chi connectivity index (χ0n) is 10.5. The van der Waals surface area contributed by atoms with E-state index in [1.807, 2.05) is 19.1 Å². The highest BCUT2D eigenvalue weighted by atomic mass is 16.3. The zero-order chi connectivity index (χ0) is 12.5. The van der Waals surface area contributed by atoms with Crippen LogP contribution in [0, 0.1) is 12.8 Å². The van der Waals surface area contributed by atoms with Crippen molar-refractivity contribution in [3.8, 4) is 0 Å². The first kappa shape index (κ1) is 11.3. The Bertz CT molecular complexity index is 580. The van der Waals surface area contributed by atoms with E-state index in [1.54, 1.807) is 6.26 Å². The molecule has 18 heavy (non-hydrogen) atoms. The van der Waals surface area contributed by atoms with Crippen LogP contribution in [-0.2, 0) is 12.8 Å². The van der Waals surface area contributed by atoms with E-state index in [2.05, 4.69) is 18.2 Å². The molecule has 1 aromatic carbocycles. The van der Waals surface area contributed by atoms with E-state index in [4.69, 9.17) is 4.42 Å². The molecule has 1 aliphatic rings. The molecule has 0 bridgehead atoms. The number of hydrogen-bond acceptors (Lipinski definition) is 2. The van der Waals surface area contributed by atoms with Crippen LogP contribution in [0.4, 0.5) is 0 Å². The van der Waals surface area contributed by atoms with Gasteiger partial charge >= 0.3 is 0 Å². The van der Waals surface area contributed by atoms with Crippen molar-refractivity contribution in [2.24, 2.45) is 5.92 Å². The highest BCUT2D eigenvalue weighted by Gasteiger charge is 2.26. The second-order valence-electron chi connectivity index (χ2n) is 5.02. The van der Waals surface area contributed by atoms with Crippen molar-refractivity contribution in [1.82, 2.24) is 0 Å². The normalized spacial score (nSPS) is 18.4. The molecule has 1 unspecified atom stereocenters. The molecule has 0 saturated carbocycles. The highest BCUT2D eigenvalue weighted by Crippen LogP contribution is 2.28. The van der Waals surface area contributed by atoms with Gasteiger partial charge in [0.25, 0.3) is 0 Å². The summed E-state index contributed by atoms with van der Waals surface area (Å²) in [6.07, 6.45) is 4.39. The molecule has 2 nitrogen and oxygen atoms in total. The first-order valence-corrected chi connectivity index (χ1v) is 6.40. The average molecular weight is 240 g/mol. The van der Waals surface area contributed by atoms with Gasteiger partial charge in [-0.05, 0) is 43.4 Å². The second kappa shape index (κ2) is 4.45. The van der Waals surface area contributed by atoms with Gasteiger partial charge in [-0.2, -0.15) is 0 Å². The Kier molecular flexibility index (Phi) is 2.78. The standard InChI is InChI=1S/C16H16O2/c1-11-8-15(10-18-11)16(17)14-7-6-12-4-2-3-5-13(12)9-14/h2-5,8,10,14H,6-7,9H2,1H3. The van der Waals surface area contributed by atoms with Crippen LogP contribution in [0.3, 0.4) is 0 Å². The Morgan fingerprint density at radius 3 is 2.78 bits per heavy atom. The van der Waals surface area contributed by atoms with Gasteiger partial charge in [0.2, 0.25) is 0 Å². The van der Waals surface area contributed by atoms with Gasteiger partial charge in [0, 0.05) is 5.92 Å². The lowest BCUT2D eigenvalue weighted by atomic mass is 9.80. The molecule has 0 spiro atoms. The number of Topliss-reactive ketones (excluding diaryl/α,β-unsaturated/α-hetero) is 1. The molecule has 1 heterocycles. The van der Waals surface area contributed by atoms with E-state index in [0.717, 1.165) is 30.6 Å². The predicted molar refractivity (Wildman–Crippen MR) is 69.7 cm³/mol. The lowest BCUT2D eigenvalue weighted by Crippen LogP contribution is -2.22. The Labute approximate surface area is 107 Å². The smallest absolute Gasteiger partial charge is 0.169 e. The van der Waals surface area contributed by atoms with E-state index >= 15 is 0 Å². The molecule has 0 N–H and O–H groups in total. The van der Waals surface area contributed by atoms with Gasteiger partial charge in [0.05, 0.1) is 5.56 Å². The van der Waals surface area contributed by atoms with E-state index in [9.17, 15) is 4.79 Å². The summed E-state index contributed by atoms with van der Waals surface area (Å²) in [6, 6.07) is 10.3. The van der Waals surface area contributed by atoms with Crippen LogP contribution in [0.15, 0.2) is 41.0 Å². The maximum atomic E-state index is 12.4. The topological polar surface area (TPSA) is 30.2 Å². The molecule has 3 rings (SSSR count). The summed E-state index contributed by atoms with van der Waals surface area (Å²) in [5.74, 6) is 1.13. The molecule has 1 atom stereocenters. The summed E-state index contributed by atoms with van der Waals surface area (Å²) >= 11 is 0. The van der Waals surface area contributed by atoms with Crippen molar-refractivity contribution < 1.29 is 9.21 Å². The van der Waals surface area contributed by atoms with E-state index in [0.29, 0.717) is 0 Å². The Balaban J connectivity index is 1.82. The fourth-order valence-corrected chi connectivity index (χ4v) is 2.73. The van der Waals surface area contributed by atoms with Crippen molar-refractivity contribution in [3.05, 3.63) is 59.0 Å². The lowest BCUT2D eigenvalue weighted by Gasteiger charge is -2.23. The molecular weight excluding hydrogens is 224 g/mol. The summed E-state index contributed by atoms with van der Waals surface area (Å²) in [5.41, 5.74) is 3.43. The molecule has 0 radical (unpaired) electrons. The van der Waals surface area contributed by atoms with Crippen LogP contribution in [-0.4, -0.2) is 5.78 Å². The lowest BCUT2D eigenvalue weighted by molar-refractivity contribution is 0.0908. The third-order valence-electron chi connectivity index (χ3n) is 3.73. The second-order valence-corrected chi connectivity index (χ2v) is 5.02. The minimum atomic E-state index is 0.108. The van der Waals surface area contributed by atoms with Crippen molar-refractivity contribution in [3.63, 3.8) is 0 Å². The van der Waals surface area contributed by atoms with Crippen LogP contribution in [0.25, 0.3) is 0 Å². The predicted octanol–water partition coefficient (Wildman–Crippen LogP) is 3.58. The number of ketones is 1.